The largest absolute Gasteiger partial charge is 0.326 e. The van der Waals surface area contributed by atoms with Crippen LogP contribution in [0, 0.1) is 10.1 Å². The van der Waals surface area contributed by atoms with Gasteiger partial charge in [-0.1, -0.05) is 25.1 Å². The fraction of sp³-hybridized carbons (Fsp3) is 0.350. The lowest BCUT2D eigenvalue weighted by Gasteiger charge is -2.33. The van der Waals surface area contributed by atoms with E-state index >= 15 is 0 Å². The summed E-state index contributed by atoms with van der Waals surface area (Å²) in [5, 5.41) is 13.7. The molecule has 160 valence electrons. The van der Waals surface area contributed by atoms with Crippen molar-refractivity contribution in [1.82, 2.24) is 9.21 Å². The summed E-state index contributed by atoms with van der Waals surface area (Å²) >= 11 is 0. The molecule has 10 heteroatoms. The Balaban J connectivity index is 1.65. The molecule has 1 aliphatic rings. The number of rotatable bonds is 7. The van der Waals surface area contributed by atoms with E-state index in [1.807, 2.05) is 6.92 Å². The summed E-state index contributed by atoms with van der Waals surface area (Å²) in [5.74, 6) is -0.421. The van der Waals surface area contributed by atoms with Crippen LogP contribution in [0.1, 0.15) is 12.5 Å². The Bertz CT molecular complexity index is 1020. The average Bonchev–Trinajstić information content (AvgIpc) is 2.74. The lowest BCUT2D eigenvalue weighted by atomic mass is 10.1. The van der Waals surface area contributed by atoms with E-state index in [1.54, 1.807) is 12.1 Å². The second kappa shape index (κ2) is 9.33. The van der Waals surface area contributed by atoms with Crippen LogP contribution < -0.4 is 5.32 Å². The predicted octanol–water partition coefficient (Wildman–Crippen LogP) is 2.10. The van der Waals surface area contributed by atoms with Gasteiger partial charge < -0.3 is 10.2 Å². The van der Waals surface area contributed by atoms with Crippen LogP contribution in [0.5, 0.6) is 0 Å². The molecule has 0 spiro atoms. The second-order valence-corrected chi connectivity index (χ2v) is 8.91. The molecule has 2 aromatic rings. The molecule has 9 nitrogen and oxygen atoms in total. The number of nitro groups is 1. The van der Waals surface area contributed by atoms with Gasteiger partial charge in [-0.15, -0.1) is 0 Å². The second-order valence-electron chi connectivity index (χ2n) is 6.97. The Morgan fingerprint density at radius 2 is 1.70 bits per heavy atom. The van der Waals surface area contributed by atoms with Gasteiger partial charge >= 0.3 is 0 Å². The van der Waals surface area contributed by atoms with Gasteiger partial charge in [-0.05, 0) is 30.8 Å². The number of carbonyl (C=O) groups is 1. The first-order valence-electron chi connectivity index (χ1n) is 9.66. The third kappa shape index (κ3) is 5.02. The number of carbonyl (C=O) groups excluding carboxylic acids is 1. The number of anilines is 1. The molecule has 3 rings (SSSR count). The minimum Gasteiger partial charge on any atom is -0.326 e. The minimum absolute atomic E-state index is 0.114. The maximum absolute atomic E-state index is 12.8. The summed E-state index contributed by atoms with van der Waals surface area (Å²) in [7, 11) is -3.58. The summed E-state index contributed by atoms with van der Waals surface area (Å²) in [6, 6.07) is 12.0. The summed E-state index contributed by atoms with van der Waals surface area (Å²) in [6.45, 7) is 5.25. The molecule has 0 unspecified atom stereocenters. The highest BCUT2D eigenvalue weighted by Gasteiger charge is 2.28. The van der Waals surface area contributed by atoms with Crippen molar-refractivity contribution >= 4 is 27.3 Å². The molecule has 1 fully saturated rings. The van der Waals surface area contributed by atoms with Crippen molar-refractivity contribution in [2.24, 2.45) is 0 Å². The van der Waals surface area contributed by atoms with E-state index in [-0.39, 0.29) is 17.0 Å². The SMILES string of the molecule is CCN1CCN(S(=O)(=O)c2ccc(NC(=O)Cc3ccccc3[N+](=O)[O-])cc2)CC1. The first-order chi connectivity index (χ1) is 14.3. The number of sulfonamides is 1. The molecule has 1 heterocycles. The van der Waals surface area contributed by atoms with E-state index in [0.717, 1.165) is 6.54 Å². The molecular formula is C20H24N4O5S. The Morgan fingerprint density at radius 1 is 1.07 bits per heavy atom. The molecule has 0 saturated carbocycles. The summed E-state index contributed by atoms with van der Waals surface area (Å²) in [5.41, 5.74) is 0.621. The molecular weight excluding hydrogens is 408 g/mol. The minimum atomic E-state index is -3.58. The van der Waals surface area contributed by atoms with Crippen molar-refractivity contribution in [2.75, 3.05) is 38.0 Å². The summed E-state index contributed by atoms with van der Waals surface area (Å²) in [6.07, 6.45) is -0.154. The van der Waals surface area contributed by atoms with Crippen LogP contribution in [0.15, 0.2) is 53.4 Å². The standard InChI is InChI=1S/C20H24N4O5S/c1-2-22-11-13-23(14-12-22)30(28,29)18-9-7-17(8-10-18)21-20(25)15-16-5-3-4-6-19(16)24(26)27/h3-10H,2,11-15H2,1H3,(H,21,25). The molecule has 2 aromatic carbocycles. The monoisotopic (exact) mass is 432 g/mol. The van der Waals surface area contributed by atoms with E-state index in [9.17, 15) is 23.3 Å². The lowest BCUT2D eigenvalue weighted by molar-refractivity contribution is -0.385. The number of piperazine rings is 1. The number of nitro benzene ring substituents is 1. The summed E-state index contributed by atoms with van der Waals surface area (Å²) in [4.78, 5) is 25.2. The van der Waals surface area contributed by atoms with Crippen molar-refractivity contribution in [3.8, 4) is 0 Å². The molecule has 1 amide bonds. The Kier molecular flexibility index (Phi) is 6.80. The van der Waals surface area contributed by atoms with Crippen LogP contribution in [0.3, 0.4) is 0 Å². The molecule has 0 atom stereocenters. The number of para-hydroxylation sites is 1. The Labute approximate surface area is 175 Å². The topological polar surface area (TPSA) is 113 Å². The van der Waals surface area contributed by atoms with Crippen molar-refractivity contribution in [3.05, 3.63) is 64.2 Å². The predicted molar refractivity (Wildman–Crippen MR) is 113 cm³/mol. The van der Waals surface area contributed by atoms with Crippen molar-refractivity contribution in [2.45, 2.75) is 18.2 Å². The molecule has 1 saturated heterocycles. The van der Waals surface area contributed by atoms with Crippen molar-refractivity contribution in [3.63, 3.8) is 0 Å². The van der Waals surface area contributed by atoms with E-state index in [2.05, 4.69) is 10.2 Å². The van der Waals surface area contributed by atoms with Crippen LogP contribution in [0.25, 0.3) is 0 Å². The highest BCUT2D eigenvalue weighted by molar-refractivity contribution is 7.89. The summed E-state index contributed by atoms with van der Waals surface area (Å²) < 4.78 is 27.1. The quantitative estimate of drug-likeness (QED) is 0.530. The highest BCUT2D eigenvalue weighted by Crippen LogP contribution is 2.21. The molecule has 30 heavy (non-hydrogen) atoms. The molecule has 0 radical (unpaired) electrons. The highest BCUT2D eigenvalue weighted by atomic mass is 32.2. The Hall–Kier alpha value is -2.82. The van der Waals surface area contributed by atoms with E-state index < -0.39 is 20.9 Å². The number of likely N-dealkylation sites (N-methyl/N-ethyl adjacent to an activating group) is 1. The van der Waals surface area contributed by atoms with Crippen LogP contribution >= 0.6 is 0 Å². The van der Waals surface area contributed by atoms with Crippen molar-refractivity contribution < 1.29 is 18.1 Å². The van der Waals surface area contributed by atoms with E-state index in [0.29, 0.717) is 37.4 Å². The van der Waals surface area contributed by atoms with Crippen LogP contribution in [0.4, 0.5) is 11.4 Å². The third-order valence-corrected chi connectivity index (χ3v) is 7.01. The zero-order chi connectivity index (χ0) is 21.7. The normalized spacial score (nSPS) is 15.6. The number of nitrogens with one attached hydrogen (secondary N) is 1. The number of hydrogen-bond donors (Lipinski definition) is 1. The molecule has 0 aromatic heterocycles. The van der Waals surface area contributed by atoms with E-state index in [4.69, 9.17) is 0 Å². The van der Waals surface area contributed by atoms with Gasteiger partial charge in [-0.2, -0.15) is 4.31 Å². The first-order valence-corrected chi connectivity index (χ1v) is 11.1. The number of nitrogens with zero attached hydrogens (tertiary/aromatic N) is 3. The fourth-order valence-electron chi connectivity index (χ4n) is 3.36. The van der Waals surface area contributed by atoms with Gasteiger partial charge in [0.25, 0.3) is 5.69 Å². The van der Waals surface area contributed by atoms with Gasteiger partial charge in [0, 0.05) is 43.5 Å². The molecule has 0 bridgehead atoms. The van der Waals surface area contributed by atoms with Gasteiger partial charge in [0.1, 0.15) is 0 Å². The van der Waals surface area contributed by atoms with Gasteiger partial charge in [0.05, 0.1) is 16.2 Å². The van der Waals surface area contributed by atoms with Gasteiger partial charge in [-0.3, -0.25) is 14.9 Å². The zero-order valence-electron chi connectivity index (χ0n) is 16.7. The molecule has 0 aliphatic carbocycles. The van der Waals surface area contributed by atoms with Crippen LogP contribution in [0.2, 0.25) is 0 Å². The van der Waals surface area contributed by atoms with Crippen LogP contribution in [-0.4, -0.2) is 61.2 Å². The lowest BCUT2D eigenvalue weighted by Crippen LogP contribution is -2.48. The fourth-order valence-corrected chi connectivity index (χ4v) is 4.78. The van der Waals surface area contributed by atoms with E-state index in [1.165, 1.54) is 40.7 Å². The number of amides is 1. The van der Waals surface area contributed by atoms with Gasteiger partial charge in [0.15, 0.2) is 0 Å². The molecule has 1 N–H and O–H groups in total. The van der Waals surface area contributed by atoms with Crippen LogP contribution in [-0.2, 0) is 21.2 Å². The third-order valence-electron chi connectivity index (χ3n) is 5.09. The zero-order valence-corrected chi connectivity index (χ0v) is 17.5. The maximum atomic E-state index is 12.8. The average molecular weight is 433 g/mol. The number of benzene rings is 2. The smallest absolute Gasteiger partial charge is 0.273 e. The first kappa shape index (κ1) is 21.9. The number of hydrogen-bond acceptors (Lipinski definition) is 6. The van der Waals surface area contributed by atoms with Gasteiger partial charge in [0.2, 0.25) is 15.9 Å². The Morgan fingerprint density at radius 3 is 2.30 bits per heavy atom. The molecule has 1 aliphatic heterocycles. The maximum Gasteiger partial charge on any atom is 0.273 e. The van der Waals surface area contributed by atoms with Gasteiger partial charge in [-0.25, -0.2) is 8.42 Å². The van der Waals surface area contributed by atoms with Crippen molar-refractivity contribution in [1.29, 1.82) is 0 Å².